The van der Waals surface area contributed by atoms with Crippen molar-refractivity contribution in [2.75, 3.05) is 25.4 Å². The molecule has 0 saturated carbocycles. The van der Waals surface area contributed by atoms with Gasteiger partial charge in [0.1, 0.15) is 0 Å². The number of nitrogen functional groups attached to an aromatic ring is 1. The minimum absolute atomic E-state index is 0.566. The fourth-order valence-electron chi connectivity index (χ4n) is 2.28. The standard InChI is InChI=1S/C13H21N3/c14-10-11-3-4-12(13(15)9-11)5-8-16-6-1-2-7-16/h3-4,9H,1-2,5-8,10,14-15H2. The molecule has 1 saturated heterocycles. The Hall–Kier alpha value is -1.06. The maximum absolute atomic E-state index is 6.01. The molecule has 0 aromatic heterocycles. The summed E-state index contributed by atoms with van der Waals surface area (Å²) in [5.41, 5.74) is 14.8. The molecule has 0 atom stereocenters. The Kier molecular flexibility index (Phi) is 3.80. The Morgan fingerprint density at radius 3 is 2.56 bits per heavy atom. The van der Waals surface area contributed by atoms with Crippen molar-refractivity contribution < 1.29 is 0 Å². The highest BCUT2D eigenvalue weighted by Crippen LogP contribution is 2.16. The van der Waals surface area contributed by atoms with Crippen molar-refractivity contribution in [3.05, 3.63) is 29.3 Å². The van der Waals surface area contributed by atoms with Crippen molar-refractivity contribution in [1.29, 1.82) is 0 Å². The molecule has 0 unspecified atom stereocenters. The predicted molar refractivity (Wildman–Crippen MR) is 68.1 cm³/mol. The van der Waals surface area contributed by atoms with E-state index in [1.165, 1.54) is 31.5 Å². The van der Waals surface area contributed by atoms with E-state index in [2.05, 4.69) is 17.0 Å². The first-order valence-corrected chi connectivity index (χ1v) is 6.09. The van der Waals surface area contributed by atoms with Gasteiger partial charge in [0.2, 0.25) is 0 Å². The predicted octanol–water partition coefficient (Wildman–Crippen LogP) is 1.37. The second kappa shape index (κ2) is 5.32. The minimum Gasteiger partial charge on any atom is -0.398 e. The molecule has 4 N–H and O–H groups in total. The first kappa shape index (κ1) is 11.4. The van der Waals surface area contributed by atoms with Crippen molar-refractivity contribution in [2.45, 2.75) is 25.8 Å². The number of nitrogens with two attached hydrogens (primary N) is 2. The van der Waals surface area contributed by atoms with Crippen LogP contribution in [0.15, 0.2) is 18.2 Å². The van der Waals surface area contributed by atoms with Crippen LogP contribution in [-0.4, -0.2) is 24.5 Å². The molecule has 1 aliphatic rings. The van der Waals surface area contributed by atoms with Gasteiger partial charge in [0.15, 0.2) is 0 Å². The number of anilines is 1. The molecule has 0 spiro atoms. The summed E-state index contributed by atoms with van der Waals surface area (Å²) in [6, 6.07) is 6.20. The lowest BCUT2D eigenvalue weighted by atomic mass is 10.1. The first-order valence-electron chi connectivity index (χ1n) is 6.09. The summed E-state index contributed by atoms with van der Waals surface area (Å²) < 4.78 is 0. The van der Waals surface area contributed by atoms with Crippen molar-refractivity contribution >= 4 is 5.69 Å². The molecular formula is C13H21N3. The van der Waals surface area contributed by atoms with E-state index < -0.39 is 0 Å². The van der Waals surface area contributed by atoms with Crippen LogP contribution < -0.4 is 11.5 Å². The fraction of sp³-hybridized carbons (Fsp3) is 0.538. The summed E-state index contributed by atoms with van der Waals surface area (Å²) >= 11 is 0. The van der Waals surface area contributed by atoms with Gasteiger partial charge in [0, 0.05) is 18.8 Å². The summed E-state index contributed by atoms with van der Waals surface area (Å²) in [6.45, 7) is 4.20. The van der Waals surface area contributed by atoms with E-state index in [0.717, 1.165) is 24.2 Å². The smallest absolute Gasteiger partial charge is 0.0350 e. The molecule has 0 amide bonds. The molecule has 88 valence electrons. The summed E-state index contributed by atoms with van der Waals surface area (Å²) in [6.07, 6.45) is 3.75. The lowest BCUT2D eigenvalue weighted by Crippen LogP contribution is -2.22. The lowest BCUT2D eigenvalue weighted by molar-refractivity contribution is 0.343. The van der Waals surface area contributed by atoms with E-state index >= 15 is 0 Å². The minimum atomic E-state index is 0.566. The molecule has 3 nitrogen and oxygen atoms in total. The van der Waals surface area contributed by atoms with Crippen molar-refractivity contribution in [2.24, 2.45) is 5.73 Å². The number of hydrogen-bond acceptors (Lipinski definition) is 3. The number of likely N-dealkylation sites (tertiary alicyclic amines) is 1. The molecule has 1 aromatic rings. The van der Waals surface area contributed by atoms with Gasteiger partial charge >= 0.3 is 0 Å². The van der Waals surface area contributed by atoms with Gasteiger partial charge in [-0.25, -0.2) is 0 Å². The highest BCUT2D eigenvalue weighted by molar-refractivity contribution is 5.49. The summed E-state index contributed by atoms with van der Waals surface area (Å²) in [7, 11) is 0. The molecule has 2 rings (SSSR count). The molecule has 1 fully saturated rings. The van der Waals surface area contributed by atoms with Gasteiger partial charge in [-0.3, -0.25) is 0 Å². The number of nitrogens with zero attached hydrogens (tertiary/aromatic N) is 1. The van der Waals surface area contributed by atoms with Crippen LogP contribution in [0.4, 0.5) is 5.69 Å². The Morgan fingerprint density at radius 1 is 1.19 bits per heavy atom. The SMILES string of the molecule is NCc1ccc(CCN2CCCC2)c(N)c1. The van der Waals surface area contributed by atoms with Gasteiger partial charge < -0.3 is 16.4 Å². The molecule has 1 aliphatic heterocycles. The summed E-state index contributed by atoms with van der Waals surface area (Å²) in [4.78, 5) is 2.51. The van der Waals surface area contributed by atoms with Crippen LogP contribution in [0, 0.1) is 0 Å². The fourth-order valence-corrected chi connectivity index (χ4v) is 2.28. The Bertz CT molecular complexity index is 343. The van der Waals surface area contributed by atoms with Gasteiger partial charge in [0.25, 0.3) is 0 Å². The Labute approximate surface area is 97.4 Å². The maximum atomic E-state index is 6.01. The Balaban J connectivity index is 1.93. The van der Waals surface area contributed by atoms with Gasteiger partial charge in [0.05, 0.1) is 0 Å². The summed E-state index contributed by atoms with van der Waals surface area (Å²) in [5, 5.41) is 0. The van der Waals surface area contributed by atoms with Gasteiger partial charge in [-0.15, -0.1) is 0 Å². The van der Waals surface area contributed by atoms with Crippen LogP contribution in [0.5, 0.6) is 0 Å². The molecule has 0 bridgehead atoms. The van der Waals surface area contributed by atoms with Crippen LogP contribution in [0.25, 0.3) is 0 Å². The molecule has 16 heavy (non-hydrogen) atoms. The van der Waals surface area contributed by atoms with Crippen molar-refractivity contribution in [3.8, 4) is 0 Å². The molecule has 1 aromatic carbocycles. The quantitative estimate of drug-likeness (QED) is 0.752. The zero-order chi connectivity index (χ0) is 11.4. The average molecular weight is 219 g/mol. The van der Waals surface area contributed by atoms with E-state index in [0.29, 0.717) is 6.54 Å². The molecule has 1 heterocycles. The van der Waals surface area contributed by atoms with Gasteiger partial charge in [-0.2, -0.15) is 0 Å². The zero-order valence-electron chi connectivity index (χ0n) is 9.78. The topological polar surface area (TPSA) is 55.3 Å². The van der Waals surface area contributed by atoms with Gasteiger partial charge in [-0.05, 0) is 49.5 Å². The zero-order valence-corrected chi connectivity index (χ0v) is 9.78. The van der Waals surface area contributed by atoms with Crippen LogP contribution in [-0.2, 0) is 13.0 Å². The normalized spacial score (nSPS) is 16.8. The Morgan fingerprint density at radius 2 is 1.94 bits per heavy atom. The van der Waals surface area contributed by atoms with E-state index in [9.17, 15) is 0 Å². The van der Waals surface area contributed by atoms with Crippen molar-refractivity contribution in [3.63, 3.8) is 0 Å². The number of hydrogen-bond donors (Lipinski definition) is 2. The average Bonchev–Trinajstić information content (AvgIpc) is 2.80. The third-order valence-corrected chi connectivity index (χ3v) is 3.34. The highest BCUT2D eigenvalue weighted by atomic mass is 15.1. The van der Waals surface area contributed by atoms with E-state index in [1.807, 2.05) is 6.07 Å². The largest absolute Gasteiger partial charge is 0.398 e. The monoisotopic (exact) mass is 219 g/mol. The van der Waals surface area contributed by atoms with Crippen molar-refractivity contribution in [1.82, 2.24) is 4.90 Å². The molecular weight excluding hydrogens is 198 g/mol. The van der Waals surface area contributed by atoms with Crippen LogP contribution >= 0.6 is 0 Å². The second-order valence-corrected chi connectivity index (χ2v) is 4.54. The molecule has 0 aliphatic carbocycles. The van der Waals surface area contributed by atoms with E-state index in [-0.39, 0.29) is 0 Å². The highest BCUT2D eigenvalue weighted by Gasteiger charge is 2.11. The van der Waals surface area contributed by atoms with Crippen LogP contribution in [0.3, 0.4) is 0 Å². The molecule has 0 radical (unpaired) electrons. The van der Waals surface area contributed by atoms with Gasteiger partial charge in [-0.1, -0.05) is 12.1 Å². The third kappa shape index (κ3) is 2.74. The number of rotatable bonds is 4. The lowest BCUT2D eigenvalue weighted by Gasteiger charge is -2.15. The summed E-state index contributed by atoms with van der Waals surface area (Å²) in [5.74, 6) is 0. The van der Waals surface area contributed by atoms with E-state index in [1.54, 1.807) is 0 Å². The molecule has 3 heteroatoms. The van der Waals surface area contributed by atoms with E-state index in [4.69, 9.17) is 11.5 Å². The van der Waals surface area contributed by atoms with Crippen LogP contribution in [0.2, 0.25) is 0 Å². The second-order valence-electron chi connectivity index (χ2n) is 4.54. The van der Waals surface area contributed by atoms with Crippen LogP contribution in [0.1, 0.15) is 24.0 Å². The third-order valence-electron chi connectivity index (χ3n) is 3.34. The maximum Gasteiger partial charge on any atom is 0.0350 e. The first-order chi connectivity index (χ1) is 7.79. The number of benzene rings is 1.